The van der Waals surface area contributed by atoms with Gasteiger partial charge in [-0.2, -0.15) is 22.9 Å². The quantitative estimate of drug-likeness (QED) is 0.248. The van der Waals surface area contributed by atoms with E-state index in [1.807, 2.05) is 71.6 Å². The Bertz CT molecular complexity index is 1260. The summed E-state index contributed by atoms with van der Waals surface area (Å²) in [6.07, 6.45) is 3.99. The molecule has 1 heterocycles. The molecule has 0 spiro atoms. The van der Waals surface area contributed by atoms with Crippen LogP contribution in [0.4, 0.5) is 0 Å². The first-order valence-electron chi connectivity index (χ1n) is 9.18. The van der Waals surface area contributed by atoms with Gasteiger partial charge in [0, 0.05) is 17.0 Å². The van der Waals surface area contributed by atoms with E-state index in [1.165, 1.54) is 12.1 Å². The average Bonchev–Trinajstić information content (AvgIpc) is 2.78. The van der Waals surface area contributed by atoms with Gasteiger partial charge in [0.1, 0.15) is 5.71 Å². The summed E-state index contributed by atoms with van der Waals surface area (Å²) in [6.45, 7) is 0.423. The Labute approximate surface area is 186 Å². The topological polar surface area (TPSA) is 62.4 Å². The molecule has 152 valence electrons. The van der Waals surface area contributed by atoms with Crippen molar-refractivity contribution in [2.75, 3.05) is 0 Å². The van der Waals surface area contributed by atoms with E-state index < -0.39 is 10.0 Å². The normalized spacial score (nSPS) is 11.7. The molecule has 0 saturated heterocycles. The van der Waals surface area contributed by atoms with Crippen molar-refractivity contribution in [3.05, 3.63) is 109 Å². The van der Waals surface area contributed by atoms with E-state index in [0.717, 1.165) is 16.3 Å². The number of nitrogens with zero attached hydrogens (tertiary/aromatic N) is 2. The molecule has 7 heteroatoms. The number of nitrogens with one attached hydrogen (secondary N) is 1. The minimum Gasteiger partial charge on any atom is -1.00 e. The number of aromatic nitrogens is 1. The Morgan fingerprint density at radius 3 is 2.10 bits per heavy atom. The number of halogens is 1. The van der Waals surface area contributed by atoms with Crippen LogP contribution in [0, 0.1) is 0 Å². The third-order valence-corrected chi connectivity index (χ3v) is 5.76. The molecule has 0 aliphatic heterocycles. The average molecular weight is 482 g/mol. The summed E-state index contributed by atoms with van der Waals surface area (Å²) in [4.78, 5) is 2.55. The molecule has 0 radical (unpaired) electrons. The monoisotopic (exact) mass is 481 g/mol. The second kappa shape index (κ2) is 9.65. The van der Waals surface area contributed by atoms with Gasteiger partial charge in [-0.15, -0.1) is 0 Å². The first-order valence-corrected chi connectivity index (χ1v) is 10.7. The predicted molar refractivity (Wildman–Crippen MR) is 114 cm³/mol. The zero-order valence-electron chi connectivity index (χ0n) is 16.0. The summed E-state index contributed by atoms with van der Waals surface area (Å²) in [7, 11) is -3.74. The molecule has 0 amide bonds. The number of hydrazone groups is 1. The molecule has 1 aromatic heterocycles. The highest BCUT2D eigenvalue weighted by Crippen LogP contribution is 2.11. The molecule has 0 atom stereocenters. The third kappa shape index (κ3) is 5.11. The summed E-state index contributed by atoms with van der Waals surface area (Å²) in [5.41, 5.74) is 1.47. The lowest BCUT2D eigenvalue weighted by atomic mass is 10.1. The molecule has 0 aliphatic carbocycles. The van der Waals surface area contributed by atoms with E-state index in [9.17, 15) is 8.42 Å². The van der Waals surface area contributed by atoms with Gasteiger partial charge in [0.2, 0.25) is 0 Å². The molecule has 30 heavy (non-hydrogen) atoms. The van der Waals surface area contributed by atoms with Crippen LogP contribution in [0.3, 0.4) is 0 Å². The third-order valence-electron chi connectivity index (χ3n) is 4.54. The van der Waals surface area contributed by atoms with Gasteiger partial charge in [-0.05, 0) is 23.6 Å². The first-order chi connectivity index (χ1) is 14.1. The van der Waals surface area contributed by atoms with Crippen molar-refractivity contribution < 1.29 is 30.0 Å². The van der Waals surface area contributed by atoms with Crippen LogP contribution in [0.25, 0.3) is 10.8 Å². The second-order valence-corrected chi connectivity index (χ2v) is 8.24. The van der Waals surface area contributed by atoms with Crippen LogP contribution in [-0.4, -0.2) is 14.1 Å². The lowest BCUT2D eigenvalue weighted by Crippen LogP contribution is -3.00. The number of rotatable bonds is 6. The van der Waals surface area contributed by atoms with Gasteiger partial charge >= 0.3 is 0 Å². The maximum Gasteiger partial charge on any atom is 0.276 e. The number of hydrogen-bond acceptors (Lipinski definition) is 3. The molecule has 3 aromatic carbocycles. The number of hydrogen-bond donors (Lipinski definition) is 1. The Hall–Kier alpha value is -3.03. The molecule has 4 rings (SSSR count). The van der Waals surface area contributed by atoms with E-state index in [4.69, 9.17) is 0 Å². The molecule has 0 fully saturated rings. The zero-order valence-corrected chi connectivity index (χ0v) is 18.4. The number of pyridine rings is 1. The first kappa shape index (κ1) is 21.7. The van der Waals surface area contributed by atoms with E-state index in [0.29, 0.717) is 12.3 Å². The summed E-state index contributed by atoms with van der Waals surface area (Å²) in [5.74, 6) is 0. The fourth-order valence-corrected chi connectivity index (χ4v) is 3.89. The van der Waals surface area contributed by atoms with Crippen molar-refractivity contribution in [3.8, 4) is 0 Å². The number of fused-ring (bicyclic) bond motifs is 1. The SMILES string of the molecule is O=S(=O)(N/N=C(/C[n+]1ccc2ccccc2c1)c1ccccc1)c1ccccc1.[Br-]. The summed E-state index contributed by atoms with van der Waals surface area (Å²) >= 11 is 0. The maximum atomic E-state index is 12.6. The van der Waals surface area contributed by atoms with Crippen molar-refractivity contribution in [1.29, 1.82) is 0 Å². The van der Waals surface area contributed by atoms with Gasteiger partial charge in [0.05, 0.1) is 4.90 Å². The van der Waals surface area contributed by atoms with Gasteiger partial charge in [0.15, 0.2) is 18.9 Å². The Morgan fingerprint density at radius 2 is 1.40 bits per heavy atom. The fourth-order valence-electron chi connectivity index (χ4n) is 3.04. The molecular weight excluding hydrogens is 462 g/mol. The molecule has 0 unspecified atom stereocenters. The van der Waals surface area contributed by atoms with Gasteiger partial charge in [-0.25, -0.2) is 0 Å². The highest BCUT2D eigenvalue weighted by molar-refractivity contribution is 7.89. The molecule has 0 aliphatic rings. The number of sulfonamides is 1. The lowest BCUT2D eigenvalue weighted by molar-refractivity contribution is -0.680. The highest BCUT2D eigenvalue weighted by Gasteiger charge is 2.15. The van der Waals surface area contributed by atoms with Crippen LogP contribution in [0.2, 0.25) is 0 Å². The van der Waals surface area contributed by atoms with E-state index in [2.05, 4.69) is 16.0 Å². The van der Waals surface area contributed by atoms with Gasteiger partial charge in [-0.1, -0.05) is 66.7 Å². The summed E-state index contributed by atoms with van der Waals surface area (Å²) < 4.78 is 27.1. The Morgan fingerprint density at radius 1 is 0.800 bits per heavy atom. The van der Waals surface area contributed by atoms with E-state index >= 15 is 0 Å². The lowest BCUT2D eigenvalue weighted by Gasteiger charge is -2.07. The molecule has 0 bridgehead atoms. The maximum absolute atomic E-state index is 12.6. The number of benzene rings is 3. The van der Waals surface area contributed by atoms with Crippen LogP contribution >= 0.6 is 0 Å². The van der Waals surface area contributed by atoms with Crippen molar-refractivity contribution in [2.24, 2.45) is 5.10 Å². The van der Waals surface area contributed by atoms with Crippen LogP contribution in [0.1, 0.15) is 5.56 Å². The van der Waals surface area contributed by atoms with Crippen molar-refractivity contribution >= 4 is 26.5 Å². The van der Waals surface area contributed by atoms with Crippen LogP contribution in [0.5, 0.6) is 0 Å². The van der Waals surface area contributed by atoms with Crippen LogP contribution in [-0.2, 0) is 16.6 Å². The molecule has 4 aromatic rings. The smallest absolute Gasteiger partial charge is 0.276 e. The predicted octanol–water partition coefficient (Wildman–Crippen LogP) is 0.514. The van der Waals surface area contributed by atoms with Crippen molar-refractivity contribution in [3.63, 3.8) is 0 Å². The zero-order chi connectivity index (χ0) is 20.1. The largest absolute Gasteiger partial charge is 1.00 e. The van der Waals surface area contributed by atoms with Gasteiger partial charge in [-0.3, -0.25) is 0 Å². The van der Waals surface area contributed by atoms with Gasteiger partial charge in [0.25, 0.3) is 10.0 Å². The highest BCUT2D eigenvalue weighted by atomic mass is 79.9. The Balaban J connectivity index is 0.00000256. The van der Waals surface area contributed by atoms with Gasteiger partial charge < -0.3 is 17.0 Å². The Kier molecular flexibility index (Phi) is 6.97. The fraction of sp³-hybridized carbons (Fsp3) is 0.0435. The van der Waals surface area contributed by atoms with E-state index in [1.54, 1.807) is 18.2 Å². The van der Waals surface area contributed by atoms with Crippen LogP contribution in [0.15, 0.2) is 113 Å². The van der Waals surface area contributed by atoms with Crippen molar-refractivity contribution in [1.82, 2.24) is 4.83 Å². The summed E-state index contributed by atoms with van der Waals surface area (Å²) in [6, 6.07) is 27.9. The molecular formula is C23H20BrN3O2S. The standard InChI is InChI=1S/C23H20N3O2S.BrH/c27-29(28,22-13-5-2-6-14-22)25-24-23(20-10-3-1-4-11-20)18-26-16-15-19-9-7-8-12-21(19)17-26;/h1-17,25H,18H2;1H/q+1;/p-1/b24-23-;. The molecule has 1 N–H and O–H groups in total. The van der Waals surface area contributed by atoms with E-state index in [-0.39, 0.29) is 21.9 Å². The van der Waals surface area contributed by atoms with Crippen LogP contribution < -0.4 is 26.4 Å². The summed E-state index contributed by atoms with van der Waals surface area (Å²) in [5, 5.41) is 6.52. The second-order valence-electron chi connectivity index (χ2n) is 6.58. The minimum absolute atomic E-state index is 0. The molecule has 0 saturated carbocycles. The molecule has 5 nitrogen and oxygen atoms in total. The van der Waals surface area contributed by atoms with Crippen molar-refractivity contribution in [2.45, 2.75) is 11.4 Å². The minimum atomic E-state index is -3.74.